The van der Waals surface area contributed by atoms with Gasteiger partial charge in [0.15, 0.2) is 0 Å². The molecule has 1 fully saturated rings. The van der Waals surface area contributed by atoms with Gasteiger partial charge in [-0.05, 0) is 43.9 Å². The molecule has 1 aromatic rings. The van der Waals surface area contributed by atoms with Gasteiger partial charge in [0.1, 0.15) is 0 Å². The average molecular weight is 253 g/mol. The van der Waals surface area contributed by atoms with Gasteiger partial charge in [0, 0.05) is 29.3 Å². The molecule has 0 saturated carbocycles. The Morgan fingerprint density at radius 2 is 2.12 bits per heavy atom. The number of halogens is 1. The first-order valence-corrected chi connectivity index (χ1v) is 6.68. The van der Waals surface area contributed by atoms with Crippen LogP contribution in [0, 0.1) is 5.92 Å². The lowest BCUT2D eigenvalue weighted by Crippen LogP contribution is -2.26. The van der Waals surface area contributed by atoms with Crippen LogP contribution in [0.4, 0.5) is 5.69 Å². The van der Waals surface area contributed by atoms with Gasteiger partial charge in [0.05, 0.1) is 0 Å². The maximum atomic E-state index is 6.28. The minimum atomic E-state index is -0.00789. The van der Waals surface area contributed by atoms with E-state index in [1.165, 1.54) is 12.1 Å². The van der Waals surface area contributed by atoms with Gasteiger partial charge in [-0.15, -0.1) is 0 Å². The fourth-order valence-corrected chi connectivity index (χ4v) is 3.07. The Labute approximate surface area is 109 Å². The molecule has 3 atom stereocenters. The minimum Gasteiger partial charge on any atom is -0.369 e. The summed E-state index contributed by atoms with van der Waals surface area (Å²) in [5.74, 6) is 0.761. The Kier molecular flexibility index (Phi) is 3.64. The summed E-state index contributed by atoms with van der Waals surface area (Å²) in [6.07, 6.45) is 1.26. The fraction of sp³-hybridized carbons (Fsp3) is 0.571. The van der Waals surface area contributed by atoms with E-state index in [-0.39, 0.29) is 6.04 Å². The molecule has 3 heteroatoms. The molecule has 0 aromatic heterocycles. The average Bonchev–Trinajstić information content (AvgIpc) is 2.57. The topological polar surface area (TPSA) is 29.3 Å². The monoisotopic (exact) mass is 252 g/mol. The molecular weight excluding hydrogens is 232 g/mol. The molecule has 1 aliphatic rings. The van der Waals surface area contributed by atoms with E-state index in [0.29, 0.717) is 6.04 Å². The second kappa shape index (κ2) is 4.87. The molecular formula is C14H21ClN2. The summed E-state index contributed by atoms with van der Waals surface area (Å²) in [6.45, 7) is 7.65. The lowest BCUT2D eigenvalue weighted by atomic mass is 10.1. The Morgan fingerprint density at radius 3 is 2.59 bits per heavy atom. The number of hydrogen-bond acceptors (Lipinski definition) is 2. The van der Waals surface area contributed by atoms with Crippen LogP contribution in [-0.4, -0.2) is 12.6 Å². The summed E-state index contributed by atoms with van der Waals surface area (Å²) in [7, 11) is 0. The highest BCUT2D eigenvalue weighted by molar-refractivity contribution is 6.31. The van der Waals surface area contributed by atoms with E-state index < -0.39 is 0 Å². The molecule has 1 aliphatic heterocycles. The van der Waals surface area contributed by atoms with Gasteiger partial charge in [0.25, 0.3) is 0 Å². The van der Waals surface area contributed by atoms with Gasteiger partial charge < -0.3 is 10.6 Å². The van der Waals surface area contributed by atoms with Gasteiger partial charge in [-0.2, -0.15) is 0 Å². The van der Waals surface area contributed by atoms with Crippen molar-refractivity contribution in [2.24, 2.45) is 11.7 Å². The Morgan fingerprint density at radius 1 is 1.41 bits per heavy atom. The van der Waals surface area contributed by atoms with Crippen LogP contribution in [0.25, 0.3) is 0 Å². The Hall–Kier alpha value is -0.730. The van der Waals surface area contributed by atoms with Crippen LogP contribution in [0.1, 0.15) is 38.8 Å². The van der Waals surface area contributed by atoms with Crippen LogP contribution in [0.15, 0.2) is 18.2 Å². The minimum absolute atomic E-state index is 0.00789. The number of benzene rings is 1. The van der Waals surface area contributed by atoms with E-state index in [9.17, 15) is 0 Å². The molecule has 2 N–H and O–H groups in total. The van der Waals surface area contributed by atoms with E-state index in [1.54, 1.807) is 0 Å². The van der Waals surface area contributed by atoms with Gasteiger partial charge >= 0.3 is 0 Å². The van der Waals surface area contributed by atoms with E-state index in [1.807, 2.05) is 6.92 Å². The largest absolute Gasteiger partial charge is 0.369 e. The lowest BCUT2D eigenvalue weighted by molar-refractivity contribution is 0.625. The number of nitrogens with two attached hydrogens (primary N) is 1. The van der Waals surface area contributed by atoms with Crippen molar-refractivity contribution in [1.29, 1.82) is 0 Å². The number of anilines is 1. The smallest absolute Gasteiger partial charge is 0.0474 e. The molecule has 17 heavy (non-hydrogen) atoms. The van der Waals surface area contributed by atoms with Gasteiger partial charge in [-0.1, -0.05) is 24.6 Å². The number of hydrogen-bond donors (Lipinski definition) is 1. The van der Waals surface area contributed by atoms with Gasteiger partial charge in [-0.25, -0.2) is 0 Å². The third-order valence-electron chi connectivity index (χ3n) is 3.59. The Bertz CT molecular complexity index is 403. The summed E-state index contributed by atoms with van der Waals surface area (Å²) in [6, 6.07) is 6.83. The van der Waals surface area contributed by atoms with Crippen LogP contribution in [0.5, 0.6) is 0 Å². The second-order valence-corrected chi connectivity index (χ2v) is 5.74. The highest BCUT2D eigenvalue weighted by Crippen LogP contribution is 2.32. The maximum absolute atomic E-state index is 6.28. The van der Waals surface area contributed by atoms with Crippen LogP contribution >= 0.6 is 11.6 Å². The van der Waals surface area contributed by atoms with Crippen molar-refractivity contribution in [3.8, 4) is 0 Å². The molecule has 2 rings (SSSR count). The summed E-state index contributed by atoms with van der Waals surface area (Å²) >= 11 is 6.28. The highest BCUT2D eigenvalue weighted by Gasteiger charge is 2.26. The highest BCUT2D eigenvalue weighted by atomic mass is 35.5. The molecule has 3 unspecified atom stereocenters. The molecule has 1 saturated heterocycles. The molecule has 1 heterocycles. The van der Waals surface area contributed by atoms with E-state index >= 15 is 0 Å². The van der Waals surface area contributed by atoms with Crippen molar-refractivity contribution in [3.63, 3.8) is 0 Å². The first kappa shape index (κ1) is 12.7. The summed E-state index contributed by atoms with van der Waals surface area (Å²) in [5, 5.41) is 0.782. The van der Waals surface area contributed by atoms with Crippen LogP contribution in [0.2, 0.25) is 5.02 Å². The van der Waals surface area contributed by atoms with E-state index in [2.05, 4.69) is 36.9 Å². The molecule has 0 aliphatic carbocycles. The first-order valence-electron chi connectivity index (χ1n) is 6.30. The first-order chi connectivity index (χ1) is 7.99. The van der Waals surface area contributed by atoms with Crippen molar-refractivity contribution in [2.45, 2.75) is 39.3 Å². The van der Waals surface area contributed by atoms with Gasteiger partial charge in [-0.3, -0.25) is 0 Å². The van der Waals surface area contributed by atoms with Crippen molar-refractivity contribution in [2.75, 3.05) is 11.4 Å². The summed E-state index contributed by atoms with van der Waals surface area (Å²) in [5.41, 5.74) is 8.11. The normalized spacial score (nSPS) is 26.3. The predicted octanol–water partition coefficient (Wildman–Crippen LogP) is 3.59. The van der Waals surface area contributed by atoms with Crippen molar-refractivity contribution < 1.29 is 0 Å². The zero-order chi connectivity index (χ0) is 12.6. The molecule has 94 valence electrons. The van der Waals surface area contributed by atoms with Crippen molar-refractivity contribution in [1.82, 2.24) is 0 Å². The molecule has 0 spiro atoms. The quantitative estimate of drug-likeness (QED) is 0.872. The summed E-state index contributed by atoms with van der Waals surface area (Å²) < 4.78 is 0. The molecule has 0 bridgehead atoms. The van der Waals surface area contributed by atoms with E-state index in [4.69, 9.17) is 17.3 Å². The Balaban J connectivity index is 2.26. The fourth-order valence-electron chi connectivity index (χ4n) is 2.72. The SMILES string of the molecule is CC1CC(C)N(c2ccc(C(C)N)c(Cl)c2)C1. The zero-order valence-corrected chi connectivity index (χ0v) is 11.5. The molecule has 1 aromatic carbocycles. The zero-order valence-electron chi connectivity index (χ0n) is 10.8. The van der Waals surface area contributed by atoms with Crippen LogP contribution < -0.4 is 10.6 Å². The second-order valence-electron chi connectivity index (χ2n) is 5.34. The maximum Gasteiger partial charge on any atom is 0.0474 e. The molecule has 2 nitrogen and oxygen atoms in total. The third-order valence-corrected chi connectivity index (χ3v) is 3.92. The third kappa shape index (κ3) is 2.58. The standard InChI is InChI=1S/C14H21ClN2/c1-9-6-10(2)17(8-9)12-4-5-13(11(3)16)14(15)7-12/h4-5,7,9-11H,6,8,16H2,1-3H3. The molecule has 0 amide bonds. The van der Waals surface area contributed by atoms with E-state index in [0.717, 1.165) is 23.0 Å². The van der Waals surface area contributed by atoms with Crippen LogP contribution in [0.3, 0.4) is 0 Å². The molecule has 0 radical (unpaired) electrons. The van der Waals surface area contributed by atoms with Crippen molar-refractivity contribution in [3.05, 3.63) is 28.8 Å². The number of nitrogens with zero attached hydrogens (tertiary/aromatic N) is 1. The predicted molar refractivity (Wildman–Crippen MR) is 74.6 cm³/mol. The number of rotatable bonds is 2. The summed E-state index contributed by atoms with van der Waals surface area (Å²) in [4.78, 5) is 2.43. The lowest BCUT2D eigenvalue weighted by Gasteiger charge is -2.25. The van der Waals surface area contributed by atoms with Gasteiger partial charge in [0.2, 0.25) is 0 Å². The van der Waals surface area contributed by atoms with Crippen molar-refractivity contribution >= 4 is 17.3 Å². The van der Waals surface area contributed by atoms with Crippen LogP contribution in [-0.2, 0) is 0 Å².